The third-order valence-corrected chi connectivity index (χ3v) is 5.16. The van der Waals surface area contributed by atoms with Crippen molar-refractivity contribution in [2.45, 2.75) is 45.0 Å². The summed E-state index contributed by atoms with van der Waals surface area (Å²) >= 11 is 0. The van der Waals surface area contributed by atoms with Gasteiger partial charge in [0.25, 0.3) is 0 Å². The van der Waals surface area contributed by atoms with E-state index < -0.39 is 17.7 Å². The molecule has 2 aliphatic rings. The van der Waals surface area contributed by atoms with E-state index >= 15 is 0 Å². The zero-order valence-electron chi connectivity index (χ0n) is 14.9. The number of hydrogen-bond acceptors (Lipinski definition) is 4. The van der Waals surface area contributed by atoms with Crippen molar-refractivity contribution in [2.75, 3.05) is 19.7 Å². The number of carboxylic acid groups (broad SMARTS) is 1. The molecule has 2 saturated heterocycles. The van der Waals surface area contributed by atoms with Crippen LogP contribution in [0.2, 0.25) is 0 Å². The predicted molar refractivity (Wildman–Crippen MR) is 92.7 cm³/mol. The minimum absolute atomic E-state index is 0.0759. The molecule has 1 spiro atoms. The molecule has 2 aliphatic heterocycles. The van der Waals surface area contributed by atoms with Gasteiger partial charge in [0, 0.05) is 38.4 Å². The van der Waals surface area contributed by atoms with Crippen molar-refractivity contribution in [1.29, 1.82) is 0 Å². The molecule has 3 rings (SSSR count). The van der Waals surface area contributed by atoms with E-state index in [4.69, 9.17) is 4.74 Å². The molecule has 0 radical (unpaired) electrons. The molecular weight excluding hydrogens is 320 g/mol. The Hall–Kier alpha value is -1.92. The van der Waals surface area contributed by atoms with E-state index in [1.165, 1.54) is 10.5 Å². The van der Waals surface area contributed by atoms with E-state index in [1.54, 1.807) is 13.8 Å². The van der Waals surface area contributed by atoms with Crippen LogP contribution in [0.4, 0.5) is 0 Å². The van der Waals surface area contributed by atoms with E-state index in [0.29, 0.717) is 12.8 Å². The number of amides is 1. The van der Waals surface area contributed by atoms with Crippen molar-refractivity contribution in [1.82, 2.24) is 9.80 Å². The van der Waals surface area contributed by atoms with E-state index in [0.717, 1.165) is 19.6 Å². The van der Waals surface area contributed by atoms with E-state index in [2.05, 4.69) is 17.0 Å². The van der Waals surface area contributed by atoms with E-state index in [1.807, 2.05) is 18.2 Å². The number of carboxylic acids is 1. The number of nitrogens with zero attached hydrogens (tertiary/aromatic N) is 2. The van der Waals surface area contributed by atoms with Gasteiger partial charge in [-0.2, -0.15) is 0 Å². The lowest BCUT2D eigenvalue weighted by molar-refractivity contribution is -0.168. The largest absolute Gasteiger partial charge is 0.480 e. The summed E-state index contributed by atoms with van der Waals surface area (Å²) in [6, 6.07) is 9.39. The minimum atomic E-state index is -0.988. The highest BCUT2D eigenvalue weighted by Gasteiger charge is 2.54. The van der Waals surface area contributed by atoms with Crippen LogP contribution < -0.4 is 0 Å². The van der Waals surface area contributed by atoms with Gasteiger partial charge < -0.3 is 9.84 Å². The number of carbonyl (C=O) groups excluding carboxylic acids is 1. The van der Waals surface area contributed by atoms with Crippen molar-refractivity contribution >= 4 is 11.9 Å². The normalized spacial score (nSPS) is 23.3. The molecule has 0 saturated carbocycles. The molecule has 0 aliphatic carbocycles. The van der Waals surface area contributed by atoms with Gasteiger partial charge in [0.05, 0.1) is 6.61 Å². The molecule has 1 atom stereocenters. The number of carbonyl (C=O) groups is 2. The fraction of sp³-hybridized carbons (Fsp3) is 0.579. The summed E-state index contributed by atoms with van der Waals surface area (Å²) in [5.41, 5.74) is 0.488. The molecule has 1 amide bonds. The molecule has 0 unspecified atom stereocenters. The number of likely N-dealkylation sites (tertiary alicyclic amines) is 1. The van der Waals surface area contributed by atoms with Gasteiger partial charge in [0.15, 0.2) is 6.04 Å². The zero-order valence-corrected chi connectivity index (χ0v) is 14.9. The second-order valence-corrected chi connectivity index (χ2v) is 7.24. The van der Waals surface area contributed by atoms with E-state index in [9.17, 15) is 14.7 Å². The van der Waals surface area contributed by atoms with Crippen molar-refractivity contribution in [3.63, 3.8) is 0 Å². The molecule has 136 valence electrons. The van der Waals surface area contributed by atoms with Gasteiger partial charge in [-0.1, -0.05) is 44.2 Å². The highest BCUT2D eigenvalue weighted by Crippen LogP contribution is 2.38. The molecule has 1 aromatic rings. The van der Waals surface area contributed by atoms with Gasteiger partial charge in [-0.25, -0.2) is 4.79 Å². The smallest absolute Gasteiger partial charge is 0.328 e. The SMILES string of the molecule is CC(C)C(=O)N1[C@@H](C(=O)O)COC12CCN(Cc1ccccc1)CC2. The number of aliphatic carboxylic acids is 1. The second-order valence-electron chi connectivity index (χ2n) is 7.24. The van der Waals surface area contributed by atoms with E-state index in [-0.39, 0.29) is 18.4 Å². The van der Waals surface area contributed by atoms with Crippen molar-refractivity contribution < 1.29 is 19.4 Å². The second kappa shape index (κ2) is 7.14. The van der Waals surface area contributed by atoms with Gasteiger partial charge in [0.1, 0.15) is 5.72 Å². The molecule has 1 N–H and O–H groups in total. The first-order valence-corrected chi connectivity index (χ1v) is 8.89. The summed E-state index contributed by atoms with van der Waals surface area (Å²) < 4.78 is 5.94. The number of piperidine rings is 1. The summed E-state index contributed by atoms with van der Waals surface area (Å²) in [5, 5.41) is 9.49. The van der Waals surface area contributed by atoms with Crippen LogP contribution in [-0.2, 0) is 20.9 Å². The van der Waals surface area contributed by atoms with Gasteiger partial charge in [0.2, 0.25) is 5.91 Å². The first-order valence-electron chi connectivity index (χ1n) is 8.89. The zero-order chi connectivity index (χ0) is 18.0. The number of hydrogen-bond donors (Lipinski definition) is 1. The maximum Gasteiger partial charge on any atom is 0.328 e. The Morgan fingerprint density at radius 2 is 1.88 bits per heavy atom. The minimum Gasteiger partial charge on any atom is -0.480 e. The average molecular weight is 346 g/mol. The van der Waals surface area contributed by atoms with Crippen LogP contribution in [0, 0.1) is 5.92 Å². The summed E-state index contributed by atoms with van der Waals surface area (Å²) in [6.45, 7) is 6.10. The average Bonchev–Trinajstić information content (AvgIpc) is 2.96. The van der Waals surface area contributed by atoms with Crippen LogP contribution in [0.15, 0.2) is 30.3 Å². The lowest BCUT2D eigenvalue weighted by Gasteiger charge is -2.44. The molecule has 6 heteroatoms. The Kier molecular flexibility index (Phi) is 5.11. The quantitative estimate of drug-likeness (QED) is 0.902. The summed E-state index contributed by atoms with van der Waals surface area (Å²) in [6.07, 6.45) is 1.28. The lowest BCUT2D eigenvalue weighted by Crippen LogP contribution is -2.58. The van der Waals surface area contributed by atoms with Crippen LogP contribution in [0.5, 0.6) is 0 Å². The van der Waals surface area contributed by atoms with Crippen LogP contribution in [0.1, 0.15) is 32.3 Å². The maximum absolute atomic E-state index is 12.7. The summed E-state index contributed by atoms with van der Waals surface area (Å²) in [7, 11) is 0. The van der Waals surface area contributed by atoms with Gasteiger partial charge in [-0.05, 0) is 5.56 Å². The van der Waals surface area contributed by atoms with Crippen molar-refractivity contribution in [3.05, 3.63) is 35.9 Å². The lowest BCUT2D eigenvalue weighted by atomic mass is 9.96. The molecule has 6 nitrogen and oxygen atoms in total. The third kappa shape index (κ3) is 3.55. The van der Waals surface area contributed by atoms with Gasteiger partial charge >= 0.3 is 5.97 Å². The summed E-state index contributed by atoms with van der Waals surface area (Å²) in [4.78, 5) is 28.1. The van der Waals surface area contributed by atoms with Crippen LogP contribution in [-0.4, -0.2) is 58.2 Å². The Balaban J connectivity index is 1.71. The molecule has 0 bridgehead atoms. The Morgan fingerprint density at radius 1 is 1.24 bits per heavy atom. The number of rotatable bonds is 4. The van der Waals surface area contributed by atoms with Crippen LogP contribution >= 0.6 is 0 Å². The highest BCUT2D eigenvalue weighted by atomic mass is 16.5. The monoisotopic (exact) mass is 346 g/mol. The van der Waals surface area contributed by atoms with Crippen LogP contribution in [0.3, 0.4) is 0 Å². The molecule has 1 aromatic carbocycles. The molecular formula is C19H26N2O4. The molecule has 2 fully saturated rings. The Labute approximate surface area is 148 Å². The highest BCUT2D eigenvalue weighted by molar-refractivity contribution is 5.86. The number of ether oxygens (including phenoxy) is 1. The predicted octanol–water partition coefficient (Wildman–Crippen LogP) is 1.95. The first kappa shape index (κ1) is 17.9. The van der Waals surface area contributed by atoms with Crippen LogP contribution in [0.25, 0.3) is 0 Å². The Bertz CT molecular complexity index is 624. The molecule has 2 heterocycles. The summed E-state index contributed by atoms with van der Waals surface area (Å²) in [5.74, 6) is -1.37. The maximum atomic E-state index is 12.7. The molecule has 25 heavy (non-hydrogen) atoms. The number of benzene rings is 1. The van der Waals surface area contributed by atoms with Crippen molar-refractivity contribution in [3.8, 4) is 0 Å². The fourth-order valence-electron chi connectivity index (χ4n) is 3.76. The molecule has 0 aromatic heterocycles. The third-order valence-electron chi connectivity index (χ3n) is 5.16. The van der Waals surface area contributed by atoms with Gasteiger partial charge in [-0.3, -0.25) is 14.6 Å². The van der Waals surface area contributed by atoms with Crippen molar-refractivity contribution in [2.24, 2.45) is 5.92 Å². The standard InChI is InChI=1S/C19H26N2O4/c1-14(2)17(22)21-16(18(23)24)13-25-19(21)8-10-20(11-9-19)12-15-6-4-3-5-7-15/h3-7,14,16H,8-13H2,1-2H3,(H,23,24)/t16-/m1/s1. The topological polar surface area (TPSA) is 70.1 Å². The first-order chi connectivity index (χ1) is 11.9. The van der Waals surface area contributed by atoms with Gasteiger partial charge in [-0.15, -0.1) is 0 Å². The fourth-order valence-corrected chi connectivity index (χ4v) is 3.76. The Morgan fingerprint density at radius 3 is 2.44 bits per heavy atom.